The Kier molecular flexibility index (Phi) is 6.51. The van der Waals surface area contributed by atoms with Gasteiger partial charge in [-0.3, -0.25) is 9.52 Å². The zero-order chi connectivity index (χ0) is 24.3. The number of nitrogens with one attached hydrogen (secondary N) is 3. The van der Waals surface area contributed by atoms with Gasteiger partial charge in [0.25, 0.3) is 15.9 Å². The van der Waals surface area contributed by atoms with Gasteiger partial charge in [0.15, 0.2) is 0 Å². The number of hydrazone groups is 1. The van der Waals surface area contributed by atoms with E-state index in [0.717, 1.165) is 34.0 Å². The van der Waals surface area contributed by atoms with Gasteiger partial charge in [-0.15, -0.1) is 0 Å². The smallest absolute Gasteiger partial charge is 0.271 e. The van der Waals surface area contributed by atoms with Crippen LogP contribution in [0, 0.1) is 13.8 Å². The van der Waals surface area contributed by atoms with Gasteiger partial charge in [0.2, 0.25) is 0 Å². The predicted molar refractivity (Wildman–Crippen MR) is 136 cm³/mol. The van der Waals surface area contributed by atoms with E-state index in [-0.39, 0.29) is 10.5 Å². The van der Waals surface area contributed by atoms with Crippen molar-refractivity contribution in [1.29, 1.82) is 0 Å². The lowest BCUT2D eigenvalue weighted by atomic mass is 10.1. The van der Waals surface area contributed by atoms with Crippen molar-refractivity contribution in [3.63, 3.8) is 0 Å². The first-order valence-electron chi connectivity index (χ1n) is 10.9. The Morgan fingerprint density at radius 3 is 2.62 bits per heavy atom. The van der Waals surface area contributed by atoms with Crippen LogP contribution in [0.1, 0.15) is 39.5 Å². The second-order valence-corrected chi connectivity index (χ2v) is 9.77. The van der Waals surface area contributed by atoms with Crippen LogP contribution in [0.25, 0.3) is 10.9 Å². The van der Waals surface area contributed by atoms with Crippen molar-refractivity contribution in [2.24, 2.45) is 5.10 Å². The molecule has 7 nitrogen and oxygen atoms in total. The third-order valence-corrected chi connectivity index (χ3v) is 6.98. The quantitative estimate of drug-likeness (QED) is 0.262. The average Bonchev–Trinajstić information content (AvgIpc) is 3.24. The molecule has 0 aliphatic heterocycles. The number of amides is 1. The molecule has 0 saturated carbocycles. The van der Waals surface area contributed by atoms with Crippen LogP contribution in [-0.2, 0) is 16.4 Å². The fraction of sp³-hybridized carbons (Fsp3) is 0.154. The van der Waals surface area contributed by atoms with Gasteiger partial charge in [-0.25, -0.2) is 13.8 Å². The lowest BCUT2D eigenvalue weighted by Gasteiger charge is -2.12. The maximum Gasteiger partial charge on any atom is 0.271 e. The summed E-state index contributed by atoms with van der Waals surface area (Å²) in [4.78, 5) is 15.9. The number of carbonyl (C=O) groups is 1. The lowest BCUT2D eigenvalue weighted by Crippen LogP contribution is -2.19. The monoisotopic (exact) mass is 474 g/mol. The van der Waals surface area contributed by atoms with Gasteiger partial charge in [0.05, 0.1) is 16.8 Å². The second kappa shape index (κ2) is 9.52. The maximum absolute atomic E-state index is 12.9. The summed E-state index contributed by atoms with van der Waals surface area (Å²) in [5.41, 5.74) is 8.11. The number of anilines is 1. The van der Waals surface area contributed by atoms with Crippen molar-refractivity contribution in [2.45, 2.75) is 32.1 Å². The minimum Gasteiger partial charge on any atom is -0.360 e. The largest absolute Gasteiger partial charge is 0.360 e. The number of benzene rings is 3. The normalized spacial score (nSPS) is 11.7. The number of aromatic amines is 1. The Labute approximate surface area is 199 Å². The van der Waals surface area contributed by atoms with E-state index in [4.69, 9.17) is 0 Å². The molecule has 1 heterocycles. The standard InChI is InChI=1S/C26H26N4O3S/c1-4-19-7-6-10-23-21(15-27-25(19)23)16-28-29-26(31)20-8-5-9-22(14-20)34(32,33)30-24-12-11-17(2)13-18(24)3/h5-16,27,30H,4H2,1-3H3,(H,29,31). The Morgan fingerprint density at radius 1 is 1.06 bits per heavy atom. The fourth-order valence-electron chi connectivity index (χ4n) is 3.80. The van der Waals surface area contributed by atoms with Crippen molar-refractivity contribution < 1.29 is 13.2 Å². The van der Waals surface area contributed by atoms with Gasteiger partial charge in [-0.05, 0) is 55.7 Å². The van der Waals surface area contributed by atoms with E-state index in [0.29, 0.717) is 5.69 Å². The summed E-state index contributed by atoms with van der Waals surface area (Å²) in [6, 6.07) is 17.4. The molecule has 0 unspecified atom stereocenters. The van der Waals surface area contributed by atoms with Gasteiger partial charge < -0.3 is 4.98 Å². The molecule has 4 aromatic rings. The van der Waals surface area contributed by atoms with Crippen LogP contribution >= 0.6 is 0 Å². The van der Waals surface area contributed by atoms with Crippen LogP contribution in [0.2, 0.25) is 0 Å². The van der Waals surface area contributed by atoms with Crippen molar-refractivity contribution in [1.82, 2.24) is 10.4 Å². The molecule has 0 bridgehead atoms. The molecule has 0 saturated heterocycles. The zero-order valence-corrected chi connectivity index (χ0v) is 20.0. The summed E-state index contributed by atoms with van der Waals surface area (Å²) in [7, 11) is -3.86. The molecule has 1 aromatic heterocycles. The summed E-state index contributed by atoms with van der Waals surface area (Å²) < 4.78 is 28.4. The van der Waals surface area contributed by atoms with Crippen molar-refractivity contribution in [2.75, 3.05) is 4.72 Å². The third kappa shape index (κ3) is 4.87. The van der Waals surface area contributed by atoms with Gasteiger partial charge in [0, 0.05) is 28.2 Å². The highest BCUT2D eigenvalue weighted by Gasteiger charge is 2.17. The lowest BCUT2D eigenvalue weighted by molar-refractivity contribution is 0.0955. The topological polar surface area (TPSA) is 103 Å². The number of nitrogens with zero attached hydrogens (tertiary/aromatic N) is 1. The summed E-state index contributed by atoms with van der Waals surface area (Å²) >= 11 is 0. The van der Waals surface area contributed by atoms with E-state index in [1.165, 1.54) is 23.8 Å². The molecule has 1 amide bonds. The van der Waals surface area contributed by atoms with Crippen molar-refractivity contribution in [3.8, 4) is 0 Å². The summed E-state index contributed by atoms with van der Waals surface area (Å²) in [6.45, 7) is 5.87. The molecule has 0 atom stereocenters. The molecule has 3 aromatic carbocycles. The van der Waals surface area contributed by atoms with Gasteiger partial charge in [-0.2, -0.15) is 5.10 Å². The first-order chi connectivity index (χ1) is 16.3. The third-order valence-electron chi connectivity index (χ3n) is 5.62. The first kappa shape index (κ1) is 23.3. The Hall–Kier alpha value is -3.91. The minimum atomic E-state index is -3.86. The molecule has 174 valence electrons. The molecule has 0 aliphatic rings. The van der Waals surface area contributed by atoms with Crippen LogP contribution in [0.3, 0.4) is 0 Å². The SMILES string of the molecule is CCc1cccc2c(C=NNC(=O)c3cccc(S(=O)(=O)Nc4ccc(C)cc4C)c3)c[nH]c12. The van der Waals surface area contributed by atoms with E-state index >= 15 is 0 Å². The molecular formula is C26H26N4O3S. The number of sulfonamides is 1. The molecular weight excluding hydrogens is 448 g/mol. The van der Waals surface area contributed by atoms with Crippen LogP contribution in [-0.4, -0.2) is 25.5 Å². The van der Waals surface area contributed by atoms with Gasteiger partial charge in [-0.1, -0.05) is 48.9 Å². The van der Waals surface area contributed by atoms with Crippen LogP contribution in [0.15, 0.2) is 76.9 Å². The van der Waals surface area contributed by atoms with Crippen molar-refractivity contribution in [3.05, 3.63) is 94.7 Å². The number of aryl methyl sites for hydroxylation is 3. The van der Waals surface area contributed by atoms with E-state index < -0.39 is 15.9 Å². The minimum absolute atomic E-state index is 0.00664. The molecule has 0 spiro atoms. The number of H-pyrrole nitrogens is 1. The number of hydrogen-bond donors (Lipinski definition) is 3. The molecule has 0 fully saturated rings. The fourth-order valence-corrected chi connectivity index (χ4v) is 4.98. The predicted octanol–water partition coefficient (Wildman–Crippen LogP) is 4.91. The Balaban J connectivity index is 1.50. The molecule has 8 heteroatoms. The Morgan fingerprint density at radius 2 is 1.85 bits per heavy atom. The number of para-hydroxylation sites is 1. The number of carbonyl (C=O) groups excluding carboxylic acids is 1. The molecule has 4 rings (SSSR count). The van der Waals surface area contributed by atoms with Crippen molar-refractivity contribution >= 4 is 38.7 Å². The number of aromatic nitrogens is 1. The van der Waals surface area contributed by atoms with Gasteiger partial charge >= 0.3 is 0 Å². The van der Waals surface area contributed by atoms with Crippen LogP contribution in [0.4, 0.5) is 5.69 Å². The number of rotatable bonds is 7. The maximum atomic E-state index is 12.9. The average molecular weight is 475 g/mol. The van der Waals surface area contributed by atoms with Crippen LogP contribution < -0.4 is 10.1 Å². The number of fused-ring (bicyclic) bond motifs is 1. The zero-order valence-electron chi connectivity index (χ0n) is 19.2. The Bertz CT molecular complexity index is 1500. The summed E-state index contributed by atoms with van der Waals surface area (Å²) in [6.07, 6.45) is 4.31. The molecule has 34 heavy (non-hydrogen) atoms. The van der Waals surface area contributed by atoms with Gasteiger partial charge in [0.1, 0.15) is 0 Å². The van der Waals surface area contributed by atoms with E-state index in [1.807, 2.05) is 44.3 Å². The van der Waals surface area contributed by atoms with Crippen LogP contribution in [0.5, 0.6) is 0 Å². The molecule has 0 radical (unpaired) electrons. The van der Waals surface area contributed by atoms with E-state index in [1.54, 1.807) is 18.3 Å². The first-order valence-corrected chi connectivity index (χ1v) is 12.4. The van der Waals surface area contributed by atoms with E-state index in [2.05, 4.69) is 33.2 Å². The highest BCUT2D eigenvalue weighted by molar-refractivity contribution is 7.92. The number of hydrogen-bond acceptors (Lipinski definition) is 4. The second-order valence-electron chi connectivity index (χ2n) is 8.09. The summed E-state index contributed by atoms with van der Waals surface area (Å²) in [5, 5.41) is 5.08. The highest BCUT2D eigenvalue weighted by Crippen LogP contribution is 2.22. The van der Waals surface area contributed by atoms with E-state index in [9.17, 15) is 13.2 Å². The summed E-state index contributed by atoms with van der Waals surface area (Å²) in [5.74, 6) is -0.506. The molecule has 0 aliphatic carbocycles. The molecule has 3 N–H and O–H groups in total. The highest BCUT2D eigenvalue weighted by atomic mass is 32.2.